The van der Waals surface area contributed by atoms with Crippen molar-refractivity contribution < 1.29 is 23.4 Å². The normalized spacial score (nSPS) is 11.5. The second-order valence-corrected chi connectivity index (χ2v) is 9.52. The van der Waals surface area contributed by atoms with Crippen LogP contribution in [0.1, 0.15) is 43.6 Å². The van der Waals surface area contributed by atoms with Crippen molar-refractivity contribution in [3.8, 4) is 28.6 Å². The fourth-order valence-electron chi connectivity index (χ4n) is 4.60. The topological polar surface area (TPSA) is 61.1 Å². The molecule has 4 aromatic rings. The third-order valence-corrected chi connectivity index (χ3v) is 6.54. The number of carbonyl (C=O) groups excluding carboxylic acids is 1. The zero-order valence-electron chi connectivity index (χ0n) is 22.4. The van der Waals surface area contributed by atoms with E-state index in [0.29, 0.717) is 46.9 Å². The molecule has 0 atom stereocenters. The lowest BCUT2D eigenvalue weighted by atomic mass is 9.97. The summed E-state index contributed by atoms with van der Waals surface area (Å²) in [4.78, 5) is 16.2. The molecule has 0 aliphatic rings. The number of rotatable bonds is 11. The van der Waals surface area contributed by atoms with Gasteiger partial charge in [-0.1, -0.05) is 0 Å². The Labute approximate surface area is 218 Å². The van der Waals surface area contributed by atoms with Gasteiger partial charge in [0.05, 0.1) is 19.8 Å². The van der Waals surface area contributed by atoms with Crippen molar-refractivity contribution in [3.63, 3.8) is 0 Å². The summed E-state index contributed by atoms with van der Waals surface area (Å²) in [6, 6.07) is 21.2. The first-order valence-electron chi connectivity index (χ1n) is 12.6. The van der Waals surface area contributed by atoms with Crippen LogP contribution in [-0.2, 0) is 0 Å². The molecule has 4 rings (SSSR count). The molecule has 0 bridgehead atoms. The van der Waals surface area contributed by atoms with Gasteiger partial charge in [0.2, 0.25) is 0 Å². The van der Waals surface area contributed by atoms with Gasteiger partial charge in [0, 0.05) is 41.2 Å². The van der Waals surface area contributed by atoms with Crippen LogP contribution in [0, 0.1) is 0 Å². The summed E-state index contributed by atoms with van der Waals surface area (Å²) in [5, 5.41) is 0.736. The predicted molar refractivity (Wildman–Crippen MR) is 147 cm³/mol. The maximum Gasteiger partial charge on any atom is 0.197 e. The van der Waals surface area contributed by atoms with Crippen LogP contribution in [0.2, 0.25) is 0 Å². The molecule has 0 aliphatic heterocycles. The fourth-order valence-corrected chi connectivity index (χ4v) is 4.60. The van der Waals surface area contributed by atoms with Crippen LogP contribution < -0.4 is 14.2 Å². The molecule has 0 saturated carbocycles. The number of carbonyl (C=O) groups is 1. The number of methoxy groups -OCH3 is 2. The van der Waals surface area contributed by atoms with E-state index in [0.717, 1.165) is 29.0 Å². The molecule has 1 heterocycles. The second-order valence-electron chi connectivity index (χ2n) is 9.52. The predicted octanol–water partition coefficient (Wildman–Crippen LogP) is 6.85. The van der Waals surface area contributed by atoms with Crippen molar-refractivity contribution in [3.05, 3.63) is 77.9 Å². The summed E-state index contributed by atoms with van der Waals surface area (Å²) < 4.78 is 22.8. The Bertz CT molecular complexity index is 1330. The van der Waals surface area contributed by atoms with Gasteiger partial charge in [0.25, 0.3) is 0 Å². The lowest BCUT2D eigenvalue weighted by Crippen LogP contribution is -2.39. The monoisotopic (exact) mass is 501 g/mol. The number of hydrogen-bond acceptors (Lipinski definition) is 6. The van der Waals surface area contributed by atoms with E-state index in [-0.39, 0.29) is 5.78 Å². The molecule has 6 heteroatoms. The SMILES string of the molecule is COc1ccc(-c2oc3cc(OC)ccc3c2C(=O)c2ccc(OCCN(C(C)C)C(C)C)cc2)cc1. The molecule has 6 nitrogen and oxygen atoms in total. The van der Waals surface area contributed by atoms with Gasteiger partial charge < -0.3 is 18.6 Å². The fraction of sp³-hybridized carbons (Fsp3) is 0.323. The highest BCUT2D eigenvalue weighted by Crippen LogP contribution is 2.37. The number of benzene rings is 3. The van der Waals surface area contributed by atoms with Gasteiger partial charge in [-0.3, -0.25) is 9.69 Å². The zero-order valence-corrected chi connectivity index (χ0v) is 22.4. The molecule has 0 saturated heterocycles. The van der Waals surface area contributed by atoms with E-state index in [1.165, 1.54) is 0 Å². The van der Waals surface area contributed by atoms with Crippen molar-refractivity contribution in [1.82, 2.24) is 4.90 Å². The first-order chi connectivity index (χ1) is 17.8. The van der Waals surface area contributed by atoms with E-state index in [1.807, 2.05) is 48.5 Å². The highest BCUT2D eigenvalue weighted by Gasteiger charge is 2.24. The van der Waals surface area contributed by atoms with Crippen molar-refractivity contribution in [2.24, 2.45) is 0 Å². The first-order valence-corrected chi connectivity index (χ1v) is 12.6. The number of nitrogens with zero attached hydrogens (tertiary/aromatic N) is 1. The average molecular weight is 502 g/mol. The van der Waals surface area contributed by atoms with Crippen LogP contribution >= 0.6 is 0 Å². The summed E-state index contributed by atoms with van der Waals surface area (Å²) in [6.07, 6.45) is 0. The molecule has 0 aliphatic carbocycles. The molecule has 0 fully saturated rings. The largest absolute Gasteiger partial charge is 0.497 e. The molecular weight excluding hydrogens is 466 g/mol. The lowest BCUT2D eigenvalue weighted by molar-refractivity contribution is 0.104. The summed E-state index contributed by atoms with van der Waals surface area (Å²) in [7, 11) is 3.23. The molecular formula is C31H35NO5. The number of fused-ring (bicyclic) bond motifs is 1. The highest BCUT2D eigenvalue weighted by atomic mass is 16.5. The molecule has 1 aromatic heterocycles. The smallest absolute Gasteiger partial charge is 0.197 e. The Hall–Kier alpha value is -3.77. The van der Waals surface area contributed by atoms with Gasteiger partial charge in [-0.15, -0.1) is 0 Å². The molecule has 194 valence electrons. The number of furan rings is 1. The van der Waals surface area contributed by atoms with E-state index >= 15 is 0 Å². The van der Waals surface area contributed by atoms with Gasteiger partial charge in [0.1, 0.15) is 35.2 Å². The van der Waals surface area contributed by atoms with Crippen LogP contribution in [0.5, 0.6) is 17.2 Å². The van der Waals surface area contributed by atoms with Crippen LogP contribution in [0.15, 0.2) is 71.1 Å². The Morgan fingerprint density at radius 3 is 2.00 bits per heavy atom. The molecule has 3 aromatic carbocycles. The van der Waals surface area contributed by atoms with Crippen LogP contribution in [-0.4, -0.2) is 50.1 Å². The molecule has 0 unspecified atom stereocenters. The third kappa shape index (κ3) is 5.81. The standard InChI is InChI=1S/C31H35NO5/c1-20(2)32(21(3)4)17-18-36-25-13-7-22(8-14-25)30(33)29-27-16-15-26(35-6)19-28(27)37-31(29)23-9-11-24(34-5)12-10-23/h7-16,19-21H,17-18H2,1-6H3. The maximum atomic E-state index is 13.8. The van der Waals surface area contributed by atoms with Crippen molar-refractivity contribution in [1.29, 1.82) is 0 Å². The summed E-state index contributed by atoms with van der Waals surface area (Å²) in [6.45, 7) is 10.2. The van der Waals surface area contributed by atoms with Crippen LogP contribution in [0.4, 0.5) is 0 Å². The van der Waals surface area contributed by atoms with Gasteiger partial charge in [-0.2, -0.15) is 0 Å². The Morgan fingerprint density at radius 2 is 1.41 bits per heavy atom. The minimum absolute atomic E-state index is 0.118. The summed E-state index contributed by atoms with van der Waals surface area (Å²) in [5.41, 5.74) is 2.46. The van der Waals surface area contributed by atoms with E-state index in [2.05, 4.69) is 32.6 Å². The minimum Gasteiger partial charge on any atom is -0.497 e. The summed E-state index contributed by atoms with van der Waals surface area (Å²) in [5.74, 6) is 2.53. The Balaban J connectivity index is 1.61. The zero-order chi connectivity index (χ0) is 26.5. The molecule has 0 N–H and O–H groups in total. The molecule has 37 heavy (non-hydrogen) atoms. The van der Waals surface area contributed by atoms with Crippen LogP contribution in [0.25, 0.3) is 22.3 Å². The van der Waals surface area contributed by atoms with Crippen molar-refractivity contribution in [2.45, 2.75) is 39.8 Å². The van der Waals surface area contributed by atoms with E-state index in [9.17, 15) is 4.79 Å². The number of hydrogen-bond donors (Lipinski definition) is 0. The maximum absolute atomic E-state index is 13.8. The second kappa shape index (κ2) is 11.5. The van der Waals surface area contributed by atoms with Gasteiger partial charge in [-0.05, 0) is 88.4 Å². The summed E-state index contributed by atoms with van der Waals surface area (Å²) >= 11 is 0. The van der Waals surface area contributed by atoms with E-state index in [1.54, 1.807) is 32.4 Å². The van der Waals surface area contributed by atoms with Crippen LogP contribution in [0.3, 0.4) is 0 Å². The Kier molecular flexibility index (Phi) is 8.19. The average Bonchev–Trinajstić information content (AvgIpc) is 3.29. The molecule has 0 amide bonds. The number of ketones is 1. The third-order valence-electron chi connectivity index (χ3n) is 6.54. The highest BCUT2D eigenvalue weighted by molar-refractivity contribution is 6.19. The number of ether oxygens (including phenoxy) is 3. The first kappa shape index (κ1) is 26.3. The Morgan fingerprint density at radius 1 is 0.811 bits per heavy atom. The van der Waals surface area contributed by atoms with Crippen molar-refractivity contribution in [2.75, 3.05) is 27.4 Å². The van der Waals surface area contributed by atoms with Crippen molar-refractivity contribution >= 4 is 16.8 Å². The molecule has 0 radical (unpaired) electrons. The molecule has 0 spiro atoms. The quantitative estimate of drug-likeness (QED) is 0.210. The van der Waals surface area contributed by atoms with Gasteiger partial charge >= 0.3 is 0 Å². The lowest BCUT2D eigenvalue weighted by Gasteiger charge is -2.30. The van der Waals surface area contributed by atoms with Gasteiger partial charge in [0.15, 0.2) is 5.78 Å². The van der Waals surface area contributed by atoms with E-state index < -0.39 is 0 Å². The van der Waals surface area contributed by atoms with Gasteiger partial charge in [-0.25, -0.2) is 0 Å². The minimum atomic E-state index is -0.118. The van der Waals surface area contributed by atoms with E-state index in [4.69, 9.17) is 18.6 Å².